The van der Waals surface area contributed by atoms with Gasteiger partial charge in [-0.05, 0) is 60.7 Å². The number of carbonyl (C=O) groups is 5. The van der Waals surface area contributed by atoms with E-state index in [1.165, 1.54) is 0 Å². The molecule has 1 heterocycles. The summed E-state index contributed by atoms with van der Waals surface area (Å²) in [7, 11) is -3.38. The molecule has 5 atom stereocenters. The number of rotatable bonds is 11. The number of nitrogens with two attached hydrogens (primary N) is 1. The predicted molar refractivity (Wildman–Crippen MR) is 158 cm³/mol. The number of hydrogen-bond donors (Lipinski definition) is 4. The first kappa shape index (κ1) is 31.7. The molecular formula is C30H47N5O7S. The van der Waals surface area contributed by atoms with Gasteiger partial charge in [-0.3, -0.25) is 19.2 Å². The molecule has 1 spiro atoms. The summed E-state index contributed by atoms with van der Waals surface area (Å²) >= 11 is 0. The summed E-state index contributed by atoms with van der Waals surface area (Å²) in [4.78, 5) is 67.3. The van der Waals surface area contributed by atoms with Crippen molar-refractivity contribution >= 4 is 39.4 Å². The fourth-order valence-corrected chi connectivity index (χ4v) is 9.31. The molecule has 1 aliphatic heterocycles. The zero-order chi connectivity index (χ0) is 31.5. The molecule has 5 N–H and O–H groups in total. The Balaban J connectivity index is 1.34. The molecule has 5 fully saturated rings. The summed E-state index contributed by atoms with van der Waals surface area (Å²) in [5.74, 6) is -2.56. The summed E-state index contributed by atoms with van der Waals surface area (Å²) in [6, 6.07) is -3.44. The summed E-state index contributed by atoms with van der Waals surface area (Å²) in [5.41, 5.74) is 3.71. The van der Waals surface area contributed by atoms with Crippen LogP contribution in [0.15, 0.2) is 0 Å². The second-order valence-electron chi connectivity index (χ2n) is 15.1. The maximum absolute atomic E-state index is 14.2. The fraction of sp³-hybridized carbons (Fsp3) is 0.833. The number of urea groups is 1. The molecule has 4 aliphatic carbocycles. The fourth-order valence-electron chi connectivity index (χ4n) is 7.95. The van der Waals surface area contributed by atoms with E-state index in [0.717, 1.165) is 51.2 Å². The Morgan fingerprint density at radius 3 is 2.12 bits per heavy atom. The van der Waals surface area contributed by atoms with Gasteiger partial charge in [0.15, 0.2) is 0 Å². The van der Waals surface area contributed by atoms with Gasteiger partial charge in [0.2, 0.25) is 17.6 Å². The molecular weight excluding hydrogens is 574 g/mol. The second-order valence-corrected chi connectivity index (χ2v) is 17.2. The highest BCUT2D eigenvalue weighted by Gasteiger charge is 2.79. The summed E-state index contributed by atoms with van der Waals surface area (Å²) in [5, 5.41) is 8.54. The van der Waals surface area contributed by atoms with Crippen molar-refractivity contribution in [2.24, 2.45) is 34.3 Å². The van der Waals surface area contributed by atoms with Crippen molar-refractivity contribution in [3.05, 3.63) is 0 Å². The monoisotopic (exact) mass is 621 g/mol. The average molecular weight is 622 g/mol. The SMILES string of the molecule is CC(C)(C)[C@H](NC(=O)NC1(CS(C)(=O)=O)CCCCC1)C(=O)N1C[C@H]2[C@@H]([C@H]1C(=O)NC(CC1CC1)C(=O)C(N)=O)C21CC1. The molecule has 240 valence electrons. The van der Waals surface area contributed by atoms with Gasteiger partial charge >= 0.3 is 6.03 Å². The Kier molecular flexibility index (Phi) is 8.13. The minimum atomic E-state index is -3.38. The standard InChI is InChI=1S/C30H47N5O7S/c1-28(2,3)23(33-27(40)34-29(16-43(4,41)42)10-6-5-7-11-29)26(39)35-15-18-20(30(18)12-13-30)21(35)25(38)32-19(14-17-8-9-17)22(36)24(31)37/h17-21,23H,5-16H2,1-4H3,(H2,31,37)(H,32,38)(H2,33,34,40)/t18-,19?,20-,21-,23+/m0/s1. The molecule has 13 heteroatoms. The van der Waals surface area contributed by atoms with Crippen molar-refractivity contribution in [1.82, 2.24) is 20.9 Å². The van der Waals surface area contributed by atoms with E-state index >= 15 is 0 Å². The molecule has 0 aromatic carbocycles. The van der Waals surface area contributed by atoms with Gasteiger partial charge in [-0.25, -0.2) is 13.2 Å². The zero-order valence-corrected chi connectivity index (χ0v) is 26.6. The second kappa shape index (κ2) is 11.0. The van der Waals surface area contributed by atoms with Crippen LogP contribution in [0, 0.1) is 28.6 Å². The maximum Gasteiger partial charge on any atom is 0.315 e. The van der Waals surface area contributed by atoms with E-state index in [2.05, 4.69) is 16.0 Å². The van der Waals surface area contributed by atoms with Crippen LogP contribution < -0.4 is 21.7 Å². The predicted octanol–water partition coefficient (Wildman–Crippen LogP) is 1.02. The van der Waals surface area contributed by atoms with Crippen LogP contribution in [0.1, 0.15) is 85.0 Å². The first-order chi connectivity index (χ1) is 20.0. The van der Waals surface area contributed by atoms with E-state index in [-0.39, 0.29) is 28.9 Å². The molecule has 0 radical (unpaired) electrons. The molecule has 0 aromatic heterocycles. The lowest BCUT2D eigenvalue weighted by Crippen LogP contribution is -2.63. The molecule has 5 aliphatic rings. The number of hydrogen-bond acceptors (Lipinski definition) is 7. The number of amides is 5. The lowest BCUT2D eigenvalue weighted by atomic mass is 9.83. The average Bonchev–Trinajstić information content (AvgIpc) is 3.85. The molecule has 0 aromatic rings. The first-order valence-corrected chi connectivity index (χ1v) is 17.7. The van der Waals surface area contributed by atoms with E-state index in [0.29, 0.717) is 25.8 Å². The van der Waals surface area contributed by atoms with Crippen LogP contribution in [0.3, 0.4) is 0 Å². The normalized spacial score (nSPS) is 28.3. The third-order valence-electron chi connectivity index (χ3n) is 10.4. The highest BCUT2D eigenvalue weighted by Crippen LogP contribution is 2.78. The lowest BCUT2D eigenvalue weighted by Gasteiger charge is -2.40. The van der Waals surface area contributed by atoms with E-state index in [9.17, 15) is 32.4 Å². The summed E-state index contributed by atoms with van der Waals surface area (Å²) in [6.45, 7) is 5.86. The van der Waals surface area contributed by atoms with Crippen LogP contribution in [-0.2, 0) is 29.0 Å². The van der Waals surface area contributed by atoms with Crippen molar-refractivity contribution in [3.63, 3.8) is 0 Å². The van der Waals surface area contributed by atoms with Gasteiger partial charge < -0.3 is 26.6 Å². The van der Waals surface area contributed by atoms with Crippen LogP contribution in [0.5, 0.6) is 0 Å². The Labute approximate surface area is 253 Å². The van der Waals surface area contributed by atoms with Crippen LogP contribution in [-0.4, -0.2) is 85.1 Å². The molecule has 1 unspecified atom stereocenters. The van der Waals surface area contributed by atoms with E-state index in [1.54, 1.807) is 4.90 Å². The lowest BCUT2D eigenvalue weighted by molar-refractivity contribution is -0.144. The number of ketones is 1. The number of fused-ring (bicyclic) bond motifs is 3. The van der Waals surface area contributed by atoms with Crippen molar-refractivity contribution < 1.29 is 32.4 Å². The van der Waals surface area contributed by atoms with Gasteiger partial charge in [-0.15, -0.1) is 0 Å². The molecule has 4 saturated carbocycles. The maximum atomic E-state index is 14.2. The first-order valence-electron chi connectivity index (χ1n) is 15.7. The van der Waals surface area contributed by atoms with Crippen LogP contribution >= 0.6 is 0 Å². The molecule has 1 saturated heterocycles. The van der Waals surface area contributed by atoms with Gasteiger partial charge in [0.1, 0.15) is 21.9 Å². The highest BCUT2D eigenvalue weighted by molar-refractivity contribution is 7.90. The van der Waals surface area contributed by atoms with Crippen LogP contribution in [0.2, 0.25) is 0 Å². The number of likely N-dealkylation sites (tertiary alicyclic amines) is 1. The van der Waals surface area contributed by atoms with E-state index < -0.39 is 68.5 Å². The van der Waals surface area contributed by atoms with E-state index in [1.807, 2.05) is 20.8 Å². The van der Waals surface area contributed by atoms with Crippen molar-refractivity contribution in [3.8, 4) is 0 Å². The largest absolute Gasteiger partial charge is 0.363 e. The van der Waals surface area contributed by atoms with Crippen molar-refractivity contribution in [2.75, 3.05) is 18.6 Å². The minimum absolute atomic E-state index is 0.0311. The van der Waals surface area contributed by atoms with Gasteiger partial charge in [-0.1, -0.05) is 52.9 Å². The number of carbonyl (C=O) groups excluding carboxylic acids is 5. The minimum Gasteiger partial charge on any atom is -0.363 e. The Morgan fingerprint density at radius 1 is 0.977 bits per heavy atom. The number of nitrogens with zero attached hydrogens (tertiary/aromatic N) is 1. The van der Waals surface area contributed by atoms with Gasteiger partial charge in [0.05, 0.1) is 17.3 Å². The quantitative estimate of drug-likeness (QED) is 0.248. The Morgan fingerprint density at radius 2 is 1.60 bits per heavy atom. The molecule has 5 amide bonds. The van der Waals surface area contributed by atoms with Crippen LogP contribution in [0.25, 0.3) is 0 Å². The molecule has 5 rings (SSSR count). The smallest absolute Gasteiger partial charge is 0.315 e. The Bertz CT molecular complexity index is 1290. The molecule has 12 nitrogen and oxygen atoms in total. The number of nitrogens with one attached hydrogen (secondary N) is 3. The zero-order valence-electron chi connectivity index (χ0n) is 25.7. The number of piperidine rings is 1. The number of sulfone groups is 1. The molecule has 0 bridgehead atoms. The third-order valence-corrected chi connectivity index (χ3v) is 11.5. The van der Waals surface area contributed by atoms with Gasteiger partial charge in [0.25, 0.3) is 5.91 Å². The van der Waals surface area contributed by atoms with E-state index in [4.69, 9.17) is 5.73 Å². The summed E-state index contributed by atoms with van der Waals surface area (Å²) < 4.78 is 24.5. The van der Waals surface area contributed by atoms with Gasteiger partial charge in [-0.2, -0.15) is 0 Å². The molecule has 43 heavy (non-hydrogen) atoms. The van der Waals surface area contributed by atoms with Crippen molar-refractivity contribution in [2.45, 2.75) is 109 Å². The third kappa shape index (κ3) is 6.71. The van der Waals surface area contributed by atoms with Gasteiger partial charge in [0, 0.05) is 12.8 Å². The number of primary amides is 1. The highest BCUT2D eigenvalue weighted by atomic mass is 32.2. The van der Waals surface area contributed by atoms with Crippen LogP contribution in [0.4, 0.5) is 4.79 Å². The van der Waals surface area contributed by atoms with Crippen molar-refractivity contribution in [1.29, 1.82) is 0 Å². The Hall–Kier alpha value is -2.70. The summed E-state index contributed by atoms with van der Waals surface area (Å²) in [6.07, 6.45) is 8.96. The number of Topliss-reactive ketones (excluding diaryl/α,β-unsaturated/α-hetero) is 1. The topological polar surface area (TPSA) is 185 Å².